The molecule has 0 aromatic heterocycles. The Morgan fingerprint density at radius 2 is 1.82 bits per heavy atom. The van der Waals surface area contributed by atoms with Crippen molar-refractivity contribution in [1.82, 2.24) is 0 Å². The number of hydrogen-bond donors (Lipinski definition) is 2. The molecule has 0 aromatic carbocycles. The lowest BCUT2D eigenvalue weighted by Gasteiger charge is -2.58. The fourth-order valence-electron chi connectivity index (χ4n) is 8.62. The molecule has 0 aliphatic heterocycles. The van der Waals surface area contributed by atoms with Crippen LogP contribution >= 0.6 is 0 Å². The van der Waals surface area contributed by atoms with Gasteiger partial charge in [-0.1, -0.05) is 41.5 Å². The number of aliphatic hydroxyl groups excluding tert-OH is 2. The summed E-state index contributed by atoms with van der Waals surface area (Å²) in [7, 11) is 1.43. The number of Topliss-reactive ketones (excluding diaryl/α,β-unsaturated/α-hetero) is 1. The third-order valence-electron chi connectivity index (χ3n) is 10.7. The minimum Gasteiger partial charge on any atom is -0.512 e. The second-order valence-electron chi connectivity index (χ2n) is 12.5. The summed E-state index contributed by atoms with van der Waals surface area (Å²) in [6, 6.07) is 0. The van der Waals surface area contributed by atoms with Gasteiger partial charge in [0.15, 0.2) is 5.78 Å². The van der Waals surface area contributed by atoms with Crippen molar-refractivity contribution in [1.29, 1.82) is 0 Å². The summed E-state index contributed by atoms with van der Waals surface area (Å²) < 4.78 is 4.85. The number of fused-ring (bicyclic) bond motifs is 4. The molecule has 2 fully saturated rings. The monoisotopic (exact) mass is 458 g/mol. The number of allylic oxidation sites excluding steroid dienone is 2. The van der Waals surface area contributed by atoms with E-state index in [-0.39, 0.29) is 22.6 Å². The number of aliphatic hydroxyl groups is 2. The summed E-state index contributed by atoms with van der Waals surface area (Å²) in [5, 5.41) is 22.1. The summed E-state index contributed by atoms with van der Waals surface area (Å²) in [4.78, 5) is 25.7. The quantitative estimate of drug-likeness (QED) is 0.530. The molecule has 4 aliphatic carbocycles. The van der Waals surface area contributed by atoms with E-state index >= 15 is 0 Å². The van der Waals surface area contributed by atoms with E-state index < -0.39 is 16.9 Å². The first-order valence-electron chi connectivity index (χ1n) is 12.7. The number of hydrogen-bond acceptors (Lipinski definition) is 5. The molecule has 0 bridgehead atoms. The Hall–Kier alpha value is -1.62. The fourth-order valence-corrected chi connectivity index (χ4v) is 8.62. The van der Waals surface area contributed by atoms with Gasteiger partial charge in [0.25, 0.3) is 0 Å². The highest BCUT2D eigenvalue weighted by molar-refractivity contribution is 6.00. The van der Waals surface area contributed by atoms with E-state index in [2.05, 4.69) is 27.7 Å². The molecule has 0 spiro atoms. The Morgan fingerprint density at radius 3 is 2.45 bits per heavy atom. The zero-order valence-electron chi connectivity index (χ0n) is 21.5. The minimum absolute atomic E-state index is 0.164. The molecule has 184 valence electrons. The van der Waals surface area contributed by atoms with Gasteiger partial charge >= 0.3 is 5.97 Å². The molecule has 0 radical (unpaired) electrons. The first-order valence-corrected chi connectivity index (χ1v) is 12.7. The van der Waals surface area contributed by atoms with Crippen molar-refractivity contribution >= 4 is 11.8 Å². The lowest BCUT2D eigenvalue weighted by Crippen LogP contribution is -2.53. The van der Waals surface area contributed by atoms with Crippen LogP contribution < -0.4 is 0 Å². The second kappa shape index (κ2) is 7.69. The third-order valence-corrected chi connectivity index (χ3v) is 10.7. The topological polar surface area (TPSA) is 83.8 Å². The van der Waals surface area contributed by atoms with Crippen LogP contribution in [0.4, 0.5) is 0 Å². The van der Waals surface area contributed by atoms with Crippen LogP contribution in [0.2, 0.25) is 0 Å². The van der Waals surface area contributed by atoms with Crippen LogP contribution in [0.25, 0.3) is 0 Å². The van der Waals surface area contributed by atoms with Gasteiger partial charge in [0.1, 0.15) is 0 Å². The molecule has 2 saturated carbocycles. The molecule has 0 saturated heterocycles. The number of carbonyl (C=O) groups is 2. The fraction of sp³-hybridized carbons (Fsp3) is 0.786. The van der Waals surface area contributed by atoms with Crippen LogP contribution in [0.5, 0.6) is 0 Å². The minimum atomic E-state index is -0.557. The van der Waals surface area contributed by atoms with Crippen LogP contribution in [-0.4, -0.2) is 35.2 Å². The summed E-state index contributed by atoms with van der Waals surface area (Å²) >= 11 is 0. The number of ketones is 1. The van der Waals surface area contributed by atoms with Crippen molar-refractivity contribution in [3.8, 4) is 0 Å². The van der Waals surface area contributed by atoms with Gasteiger partial charge in [-0.15, -0.1) is 0 Å². The largest absolute Gasteiger partial charge is 0.512 e. The molecule has 6 atom stereocenters. The maximum atomic E-state index is 14.0. The van der Waals surface area contributed by atoms with Crippen LogP contribution in [0.15, 0.2) is 22.5 Å². The van der Waals surface area contributed by atoms with E-state index in [1.807, 2.05) is 13.8 Å². The molecule has 0 aromatic rings. The van der Waals surface area contributed by atoms with Gasteiger partial charge in [-0.05, 0) is 65.9 Å². The predicted molar refractivity (Wildman–Crippen MR) is 127 cm³/mol. The maximum absolute atomic E-state index is 14.0. The summed E-state index contributed by atoms with van der Waals surface area (Å²) in [6.45, 7) is 12.9. The van der Waals surface area contributed by atoms with E-state index in [0.717, 1.165) is 36.0 Å². The van der Waals surface area contributed by atoms with E-state index in [0.29, 0.717) is 49.7 Å². The number of esters is 1. The molecule has 4 aliphatic rings. The maximum Gasteiger partial charge on any atom is 0.305 e. The van der Waals surface area contributed by atoms with Crippen LogP contribution in [0, 0.1) is 33.5 Å². The van der Waals surface area contributed by atoms with Gasteiger partial charge < -0.3 is 14.9 Å². The van der Waals surface area contributed by atoms with Gasteiger partial charge in [0.2, 0.25) is 0 Å². The first-order chi connectivity index (χ1) is 15.2. The van der Waals surface area contributed by atoms with Gasteiger partial charge in [0.05, 0.1) is 19.0 Å². The van der Waals surface area contributed by atoms with Gasteiger partial charge in [-0.3, -0.25) is 9.59 Å². The average Bonchev–Trinajstić information content (AvgIpc) is 3.00. The average molecular weight is 459 g/mol. The Kier molecular flexibility index (Phi) is 5.71. The number of carbonyl (C=O) groups excluding carboxylic acids is 2. The molecule has 4 rings (SSSR count). The standard InChI is InChI=1S/C28H42O5/c1-16(8-9-22(32)33-7)17-10-13-27(5)18-14-19(29)24-25(2,3)21(31)11-12-26(24,4)23(18)20(30)15-28(17,27)6/h16-17,21,29,31H,8-15H2,1-7H3/t16-,17-,21+,26+,27+,28+/m0/s1. The highest BCUT2D eigenvalue weighted by Crippen LogP contribution is 2.71. The third kappa shape index (κ3) is 3.20. The lowest BCUT2D eigenvalue weighted by atomic mass is 9.45. The molecule has 5 heteroatoms. The first kappa shape index (κ1) is 24.5. The lowest BCUT2D eigenvalue weighted by molar-refractivity contribution is -0.141. The molecule has 5 nitrogen and oxygen atoms in total. The zero-order valence-corrected chi connectivity index (χ0v) is 21.5. The van der Waals surface area contributed by atoms with E-state index in [9.17, 15) is 19.8 Å². The molecule has 0 amide bonds. The van der Waals surface area contributed by atoms with Crippen LogP contribution in [-0.2, 0) is 14.3 Å². The molecular weight excluding hydrogens is 416 g/mol. The SMILES string of the molecule is COC(=O)CC[C@H](C)[C@@H]1CC[C@]2(C)C3=C(C(=O)C[C@]12C)[C@@]1(C)CC[C@@H](O)C(C)(C)C1=C(O)C3. The van der Waals surface area contributed by atoms with E-state index in [1.54, 1.807) is 0 Å². The molecule has 2 N–H and O–H groups in total. The smallest absolute Gasteiger partial charge is 0.305 e. The zero-order chi connectivity index (χ0) is 24.6. The van der Waals surface area contributed by atoms with Crippen LogP contribution in [0.1, 0.15) is 92.9 Å². The van der Waals surface area contributed by atoms with Crippen LogP contribution in [0.3, 0.4) is 0 Å². The van der Waals surface area contributed by atoms with Crippen molar-refractivity contribution in [2.75, 3.05) is 7.11 Å². The summed E-state index contributed by atoms with van der Waals surface area (Å²) in [5.74, 6) is 1.06. The number of ether oxygens (including phenoxy) is 1. The summed E-state index contributed by atoms with van der Waals surface area (Å²) in [6.07, 6.45) is 4.92. The van der Waals surface area contributed by atoms with Gasteiger partial charge in [-0.2, -0.15) is 0 Å². The highest BCUT2D eigenvalue weighted by Gasteiger charge is 2.65. The molecule has 0 unspecified atom stereocenters. The Bertz CT molecular complexity index is 942. The second-order valence-corrected chi connectivity index (χ2v) is 12.5. The molecular formula is C28H42O5. The normalized spacial score (nSPS) is 40.8. The van der Waals surface area contributed by atoms with Gasteiger partial charge in [-0.25, -0.2) is 0 Å². The number of rotatable bonds is 4. The number of methoxy groups -OCH3 is 1. The van der Waals surface area contributed by atoms with Crippen molar-refractivity contribution in [3.63, 3.8) is 0 Å². The highest BCUT2D eigenvalue weighted by atomic mass is 16.5. The van der Waals surface area contributed by atoms with Crippen molar-refractivity contribution < 1.29 is 24.5 Å². The Morgan fingerprint density at radius 1 is 1.15 bits per heavy atom. The van der Waals surface area contributed by atoms with E-state index in [1.165, 1.54) is 7.11 Å². The van der Waals surface area contributed by atoms with E-state index in [4.69, 9.17) is 4.74 Å². The Balaban J connectivity index is 1.75. The Labute approximate surface area is 198 Å². The molecule has 0 heterocycles. The molecule has 33 heavy (non-hydrogen) atoms. The summed E-state index contributed by atoms with van der Waals surface area (Å²) in [5.41, 5.74) is 1.50. The van der Waals surface area contributed by atoms with Crippen molar-refractivity contribution in [2.24, 2.45) is 33.5 Å². The van der Waals surface area contributed by atoms with Crippen molar-refractivity contribution in [2.45, 2.75) is 99.0 Å². The van der Waals surface area contributed by atoms with Gasteiger partial charge in [0, 0.05) is 35.7 Å². The predicted octanol–water partition coefficient (Wildman–Crippen LogP) is 5.67. The van der Waals surface area contributed by atoms with Crippen molar-refractivity contribution in [3.05, 3.63) is 22.5 Å².